The third kappa shape index (κ3) is 2.15. The van der Waals surface area contributed by atoms with Crippen molar-refractivity contribution in [3.05, 3.63) is 65.8 Å². The van der Waals surface area contributed by atoms with Crippen LogP contribution in [-0.2, 0) is 0 Å². The summed E-state index contributed by atoms with van der Waals surface area (Å²) in [5.74, 6) is 0.782. The number of rotatable bonds is 2. The molecule has 18 heavy (non-hydrogen) atoms. The van der Waals surface area contributed by atoms with Gasteiger partial charge in [0.1, 0.15) is 11.0 Å². The fourth-order valence-electron chi connectivity index (χ4n) is 1.92. The van der Waals surface area contributed by atoms with Crippen LogP contribution >= 0.6 is 11.6 Å². The molecule has 3 heteroatoms. The van der Waals surface area contributed by atoms with Crippen LogP contribution < -0.4 is 5.32 Å². The number of fused-ring (bicyclic) bond motifs is 1. The number of pyridine rings is 1. The number of aromatic nitrogens is 1. The molecule has 0 bridgehead atoms. The first-order valence-corrected chi connectivity index (χ1v) is 6.08. The van der Waals surface area contributed by atoms with Crippen molar-refractivity contribution in [3.8, 4) is 0 Å². The molecule has 0 radical (unpaired) electrons. The Labute approximate surface area is 110 Å². The van der Waals surface area contributed by atoms with Crippen molar-refractivity contribution in [3.63, 3.8) is 0 Å². The van der Waals surface area contributed by atoms with Gasteiger partial charge in [0.15, 0.2) is 0 Å². The Bertz CT molecular complexity index is 680. The van der Waals surface area contributed by atoms with Crippen molar-refractivity contribution in [1.29, 1.82) is 0 Å². The fourth-order valence-corrected chi connectivity index (χ4v) is 2.12. The Hall–Kier alpha value is -2.06. The number of hydrogen-bond acceptors (Lipinski definition) is 2. The van der Waals surface area contributed by atoms with Gasteiger partial charge >= 0.3 is 0 Å². The van der Waals surface area contributed by atoms with Crippen molar-refractivity contribution in [2.24, 2.45) is 0 Å². The highest BCUT2D eigenvalue weighted by Gasteiger charge is 2.04. The average molecular weight is 255 g/mol. The first kappa shape index (κ1) is 11.1. The summed E-state index contributed by atoms with van der Waals surface area (Å²) >= 11 is 6.04. The molecule has 3 rings (SSSR count). The lowest BCUT2D eigenvalue weighted by molar-refractivity contribution is 1.34. The SMILES string of the molecule is Clc1cc2ccccc2c(Nc2ccccc2)n1. The zero-order valence-electron chi connectivity index (χ0n) is 9.60. The van der Waals surface area contributed by atoms with E-state index >= 15 is 0 Å². The fraction of sp³-hybridized carbons (Fsp3) is 0. The van der Waals surface area contributed by atoms with Crippen molar-refractivity contribution in [2.75, 3.05) is 5.32 Å². The summed E-state index contributed by atoms with van der Waals surface area (Å²) in [5, 5.41) is 5.93. The van der Waals surface area contributed by atoms with Crippen LogP contribution in [0.25, 0.3) is 10.8 Å². The second kappa shape index (κ2) is 4.67. The highest BCUT2D eigenvalue weighted by atomic mass is 35.5. The van der Waals surface area contributed by atoms with E-state index in [1.807, 2.05) is 60.7 Å². The first-order chi connectivity index (χ1) is 8.83. The van der Waals surface area contributed by atoms with Crippen LogP contribution in [-0.4, -0.2) is 4.98 Å². The Balaban J connectivity index is 2.11. The molecule has 0 saturated heterocycles. The van der Waals surface area contributed by atoms with Crippen LogP contribution in [0.15, 0.2) is 60.7 Å². The van der Waals surface area contributed by atoms with Gasteiger partial charge in [-0.05, 0) is 23.6 Å². The summed E-state index contributed by atoms with van der Waals surface area (Å²) < 4.78 is 0. The van der Waals surface area contributed by atoms with Crippen LogP contribution in [0.5, 0.6) is 0 Å². The van der Waals surface area contributed by atoms with E-state index in [0.717, 1.165) is 22.3 Å². The lowest BCUT2D eigenvalue weighted by Crippen LogP contribution is -1.94. The van der Waals surface area contributed by atoms with Crippen LogP contribution in [0.2, 0.25) is 5.15 Å². The summed E-state index contributed by atoms with van der Waals surface area (Å²) in [6, 6.07) is 19.8. The lowest BCUT2D eigenvalue weighted by Gasteiger charge is -2.09. The van der Waals surface area contributed by atoms with Gasteiger partial charge in [-0.1, -0.05) is 54.1 Å². The Kier molecular flexibility index (Phi) is 2.87. The highest BCUT2D eigenvalue weighted by molar-refractivity contribution is 6.30. The van der Waals surface area contributed by atoms with Gasteiger partial charge in [-0.3, -0.25) is 0 Å². The quantitative estimate of drug-likeness (QED) is 0.675. The molecule has 0 amide bonds. The first-order valence-electron chi connectivity index (χ1n) is 5.70. The summed E-state index contributed by atoms with van der Waals surface area (Å²) in [6.07, 6.45) is 0. The van der Waals surface area contributed by atoms with Gasteiger partial charge in [-0.15, -0.1) is 0 Å². The zero-order chi connectivity index (χ0) is 12.4. The van der Waals surface area contributed by atoms with E-state index in [1.54, 1.807) is 0 Å². The molecule has 0 unspecified atom stereocenters. The summed E-state index contributed by atoms with van der Waals surface area (Å²) in [4.78, 5) is 4.35. The van der Waals surface area contributed by atoms with Crippen molar-refractivity contribution in [2.45, 2.75) is 0 Å². The van der Waals surface area contributed by atoms with E-state index in [-0.39, 0.29) is 0 Å². The molecular weight excluding hydrogens is 244 g/mol. The Morgan fingerprint density at radius 2 is 1.61 bits per heavy atom. The predicted octanol–water partition coefficient (Wildman–Crippen LogP) is 4.63. The summed E-state index contributed by atoms with van der Waals surface area (Å²) in [6.45, 7) is 0. The normalized spacial score (nSPS) is 10.5. The third-order valence-corrected chi connectivity index (χ3v) is 2.94. The van der Waals surface area contributed by atoms with E-state index in [0.29, 0.717) is 5.15 Å². The maximum absolute atomic E-state index is 6.04. The molecule has 0 aliphatic carbocycles. The summed E-state index contributed by atoms with van der Waals surface area (Å²) in [7, 11) is 0. The highest BCUT2D eigenvalue weighted by Crippen LogP contribution is 2.26. The van der Waals surface area contributed by atoms with Gasteiger partial charge < -0.3 is 5.32 Å². The average Bonchev–Trinajstić information content (AvgIpc) is 2.40. The van der Waals surface area contributed by atoms with Crippen molar-refractivity contribution >= 4 is 33.9 Å². The van der Waals surface area contributed by atoms with Gasteiger partial charge in [-0.2, -0.15) is 0 Å². The number of halogens is 1. The molecule has 0 fully saturated rings. The van der Waals surface area contributed by atoms with E-state index in [4.69, 9.17) is 11.6 Å². The topological polar surface area (TPSA) is 24.9 Å². The van der Waals surface area contributed by atoms with Gasteiger partial charge in [0.05, 0.1) is 0 Å². The number of para-hydroxylation sites is 1. The predicted molar refractivity (Wildman–Crippen MR) is 76.5 cm³/mol. The monoisotopic (exact) mass is 254 g/mol. The van der Waals surface area contributed by atoms with Crippen LogP contribution in [0.4, 0.5) is 11.5 Å². The van der Waals surface area contributed by atoms with Gasteiger partial charge in [-0.25, -0.2) is 4.98 Å². The lowest BCUT2D eigenvalue weighted by atomic mass is 10.1. The molecule has 1 N–H and O–H groups in total. The minimum Gasteiger partial charge on any atom is -0.340 e. The van der Waals surface area contributed by atoms with Crippen LogP contribution in [0.1, 0.15) is 0 Å². The van der Waals surface area contributed by atoms with Gasteiger partial charge in [0, 0.05) is 11.1 Å². The van der Waals surface area contributed by atoms with E-state index in [9.17, 15) is 0 Å². The maximum atomic E-state index is 6.04. The van der Waals surface area contributed by atoms with Crippen LogP contribution in [0.3, 0.4) is 0 Å². The number of nitrogens with zero attached hydrogens (tertiary/aromatic N) is 1. The molecule has 2 nitrogen and oxygen atoms in total. The maximum Gasteiger partial charge on any atom is 0.140 e. The number of benzene rings is 2. The van der Waals surface area contributed by atoms with E-state index < -0.39 is 0 Å². The molecule has 3 aromatic rings. The zero-order valence-corrected chi connectivity index (χ0v) is 10.4. The van der Waals surface area contributed by atoms with Crippen molar-refractivity contribution in [1.82, 2.24) is 4.98 Å². The molecule has 2 aromatic carbocycles. The van der Waals surface area contributed by atoms with E-state index in [2.05, 4.69) is 10.3 Å². The minimum atomic E-state index is 0.493. The van der Waals surface area contributed by atoms with E-state index in [1.165, 1.54) is 0 Å². The number of anilines is 2. The number of nitrogens with one attached hydrogen (secondary N) is 1. The Morgan fingerprint density at radius 3 is 2.44 bits per heavy atom. The molecule has 88 valence electrons. The molecule has 1 aromatic heterocycles. The van der Waals surface area contributed by atoms with Crippen LogP contribution in [0, 0.1) is 0 Å². The van der Waals surface area contributed by atoms with Gasteiger partial charge in [0.2, 0.25) is 0 Å². The molecule has 0 aliphatic rings. The molecule has 0 aliphatic heterocycles. The number of hydrogen-bond donors (Lipinski definition) is 1. The second-order valence-electron chi connectivity index (χ2n) is 4.01. The molecule has 1 heterocycles. The summed E-state index contributed by atoms with van der Waals surface area (Å²) in [5.41, 5.74) is 0.998. The Morgan fingerprint density at radius 1 is 0.889 bits per heavy atom. The van der Waals surface area contributed by atoms with Crippen molar-refractivity contribution < 1.29 is 0 Å². The molecule has 0 saturated carbocycles. The third-order valence-electron chi connectivity index (χ3n) is 2.75. The molecular formula is C15H11ClN2. The molecule has 0 spiro atoms. The minimum absolute atomic E-state index is 0.493. The standard InChI is InChI=1S/C15H11ClN2/c16-14-10-11-6-4-5-9-13(11)15(18-14)17-12-7-2-1-3-8-12/h1-10H,(H,17,18). The van der Waals surface area contributed by atoms with Gasteiger partial charge in [0.25, 0.3) is 0 Å². The smallest absolute Gasteiger partial charge is 0.140 e. The molecule has 0 atom stereocenters. The second-order valence-corrected chi connectivity index (χ2v) is 4.39. The largest absolute Gasteiger partial charge is 0.340 e.